The highest BCUT2D eigenvalue weighted by Gasteiger charge is 2.46. The lowest BCUT2D eigenvalue weighted by molar-refractivity contribution is -0.156. The molecule has 4 atom stereocenters. The van der Waals surface area contributed by atoms with E-state index >= 15 is 0 Å². The molecule has 4 unspecified atom stereocenters. The van der Waals surface area contributed by atoms with Crippen molar-refractivity contribution >= 4 is 5.97 Å². The maximum absolute atomic E-state index is 11.7. The maximum Gasteiger partial charge on any atom is 0.309 e. The molecule has 0 amide bonds. The van der Waals surface area contributed by atoms with Gasteiger partial charge in [-0.25, -0.2) is 0 Å². The topological polar surface area (TPSA) is 48.1 Å². The predicted octanol–water partition coefficient (Wildman–Crippen LogP) is 1.13. The van der Waals surface area contributed by atoms with Crippen molar-refractivity contribution in [1.29, 1.82) is 0 Å². The Hall–Kier alpha value is -0.610. The summed E-state index contributed by atoms with van der Waals surface area (Å²) in [6, 6.07) is 0. The molecule has 0 bridgehead atoms. The second kappa shape index (κ2) is 4.49. The van der Waals surface area contributed by atoms with Gasteiger partial charge in [0.1, 0.15) is 6.10 Å². The number of carbonyl (C=O) groups is 1. The highest BCUT2D eigenvalue weighted by molar-refractivity contribution is 5.73. The van der Waals surface area contributed by atoms with Crippen LogP contribution in [0.25, 0.3) is 0 Å². The first-order chi connectivity index (χ1) is 7.20. The van der Waals surface area contributed by atoms with E-state index in [1.54, 1.807) is 7.11 Å². The third-order valence-corrected chi connectivity index (χ3v) is 3.06. The SMILES string of the molecule is COCC(C)OC(=O)C1CCC2OC2C1. The minimum absolute atomic E-state index is 0.0352. The fourth-order valence-electron chi connectivity index (χ4n) is 2.18. The molecule has 1 saturated heterocycles. The smallest absolute Gasteiger partial charge is 0.309 e. The Bertz CT molecular complexity index is 241. The van der Waals surface area contributed by atoms with E-state index < -0.39 is 0 Å². The van der Waals surface area contributed by atoms with Gasteiger partial charge in [0.15, 0.2) is 0 Å². The van der Waals surface area contributed by atoms with Gasteiger partial charge in [0.2, 0.25) is 0 Å². The zero-order valence-corrected chi connectivity index (χ0v) is 9.27. The van der Waals surface area contributed by atoms with Crippen LogP contribution in [0, 0.1) is 5.92 Å². The number of ether oxygens (including phenoxy) is 3. The van der Waals surface area contributed by atoms with Crippen LogP contribution in [-0.2, 0) is 19.0 Å². The van der Waals surface area contributed by atoms with Crippen LogP contribution in [0.15, 0.2) is 0 Å². The number of epoxide rings is 1. The van der Waals surface area contributed by atoms with Crippen molar-refractivity contribution in [3.63, 3.8) is 0 Å². The summed E-state index contributed by atoms with van der Waals surface area (Å²) in [4.78, 5) is 11.7. The van der Waals surface area contributed by atoms with Gasteiger partial charge in [-0.2, -0.15) is 0 Å². The molecule has 0 spiro atoms. The average molecular weight is 214 g/mol. The molecule has 2 fully saturated rings. The number of esters is 1. The van der Waals surface area contributed by atoms with Crippen LogP contribution in [0.1, 0.15) is 26.2 Å². The van der Waals surface area contributed by atoms with E-state index in [2.05, 4.69) is 0 Å². The first-order valence-electron chi connectivity index (χ1n) is 5.55. The van der Waals surface area contributed by atoms with Crippen molar-refractivity contribution in [2.45, 2.75) is 44.5 Å². The van der Waals surface area contributed by atoms with Crippen molar-refractivity contribution < 1.29 is 19.0 Å². The molecule has 2 rings (SSSR count). The molecule has 0 aromatic rings. The van der Waals surface area contributed by atoms with E-state index in [1.165, 1.54) is 0 Å². The highest BCUT2D eigenvalue weighted by atomic mass is 16.6. The molecule has 0 radical (unpaired) electrons. The fraction of sp³-hybridized carbons (Fsp3) is 0.909. The Labute approximate surface area is 89.9 Å². The maximum atomic E-state index is 11.7. The lowest BCUT2D eigenvalue weighted by atomic mass is 9.89. The number of hydrogen-bond donors (Lipinski definition) is 0. The number of carbonyl (C=O) groups excluding carboxylic acids is 1. The van der Waals surface area contributed by atoms with Gasteiger partial charge in [-0.05, 0) is 26.2 Å². The predicted molar refractivity (Wildman–Crippen MR) is 53.4 cm³/mol. The second-order valence-electron chi connectivity index (χ2n) is 4.43. The van der Waals surface area contributed by atoms with Gasteiger partial charge in [0.25, 0.3) is 0 Å². The molecular weight excluding hydrogens is 196 g/mol. The number of rotatable bonds is 4. The van der Waals surface area contributed by atoms with Gasteiger partial charge in [-0.15, -0.1) is 0 Å². The molecule has 2 aliphatic rings. The van der Waals surface area contributed by atoms with E-state index in [0.717, 1.165) is 19.3 Å². The zero-order valence-electron chi connectivity index (χ0n) is 9.27. The Kier molecular flexibility index (Phi) is 3.26. The lowest BCUT2D eigenvalue weighted by Gasteiger charge is -2.20. The van der Waals surface area contributed by atoms with Crippen LogP contribution < -0.4 is 0 Å². The zero-order chi connectivity index (χ0) is 10.8. The molecular formula is C11H18O4. The minimum atomic E-state index is -0.152. The minimum Gasteiger partial charge on any atom is -0.460 e. The summed E-state index contributed by atoms with van der Waals surface area (Å²) in [5, 5.41) is 0. The number of fused-ring (bicyclic) bond motifs is 1. The normalized spacial score (nSPS) is 35.5. The van der Waals surface area contributed by atoms with Crippen LogP contribution in [0.5, 0.6) is 0 Å². The summed E-state index contributed by atoms with van der Waals surface area (Å²) in [5.41, 5.74) is 0. The second-order valence-corrected chi connectivity index (χ2v) is 4.43. The van der Waals surface area contributed by atoms with E-state index in [4.69, 9.17) is 14.2 Å². The largest absolute Gasteiger partial charge is 0.460 e. The Morgan fingerprint density at radius 3 is 2.93 bits per heavy atom. The quantitative estimate of drug-likeness (QED) is 0.520. The van der Waals surface area contributed by atoms with Crippen LogP contribution >= 0.6 is 0 Å². The van der Waals surface area contributed by atoms with E-state index in [0.29, 0.717) is 18.8 Å². The Morgan fingerprint density at radius 1 is 1.47 bits per heavy atom. The lowest BCUT2D eigenvalue weighted by Crippen LogP contribution is -2.28. The van der Waals surface area contributed by atoms with Gasteiger partial charge < -0.3 is 14.2 Å². The first kappa shape index (κ1) is 10.9. The average Bonchev–Trinajstić information content (AvgIpc) is 2.95. The number of methoxy groups -OCH3 is 1. The number of hydrogen-bond acceptors (Lipinski definition) is 4. The summed E-state index contributed by atoms with van der Waals surface area (Å²) in [6.07, 6.45) is 3.35. The van der Waals surface area contributed by atoms with Crippen LogP contribution in [0.4, 0.5) is 0 Å². The molecule has 86 valence electrons. The highest BCUT2D eigenvalue weighted by Crippen LogP contribution is 2.39. The Morgan fingerprint density at radius 2 is 2.27 bits per heavy atom. The van der Waals surface area contributed by atoms with Gasteiger partial charge in [-0.3, -0.25) is 4.79 Å². The van der Waals surface area contributed by atoms with Crippen LogP contribution in [0.3, 0.4) is 0 Å². The first-order valence-corrected chi connectivity index (χ1v) is 5.55. The molecule has 4 nitrogen and oxygen atoms in total. The van der Waals surface area contributed by atoms with E-state index in [9.17, 15) is 4.79 Å². The third kappa shape index (κ3) is 2.69. The monoisotopic (exact) mass is 214 g/mol. The summed E-state index contributed by atoms with van der Waals surface area (Å²) in [5.74, 6) is -0.0541. The molecule has 0 aromatic carbocycles. The van der Waals surface area contributed by atoms with Crippen molar-refractivity contribution in [3.8, 4) is 0 Å². The summed E-state index contributed by atoms with van der Waals surface area (Å²) in [7, 11) is 1.60. The molecule has 1 saturated carbocycles. The fourth-order valence-corrected chi connectivity index (χ4v) is 2.18. The van der Waals surface area contributed by atoms with Gasteiger partial charge in [0, 0.05) is 7.11 Å². The molecule has 1 aliphatic heterocycles. The van der Waals surface area contributed by atoms with Gasteiger partial charge >= 0.3 is 5.97 Å². The van der Waals surface area contributed by atoms with Crippen LogP contribution in [-0.4, -0.2) is 38.0 Å². The molecule has 1 heterocycles. The summed E-state index contributed by atoms with van der Waals surface area (Å²) >= 11 is 0. The van der Waals surface area contributed by atoms with Crippen LogP contribution in [0.2, 0.25) is 0 Å². The van der Waals surface area contributed by atoms with Crippen molar-refractivity contribution in [1.82, 2.24) is 0 Å². The van der Waals surface area contributed by atoms with Gasteiger partial charge in [0.05, 0.1) is 24.7 Å². The molecule has 4 heteroatoms. The van der Waals surface area contributed by atoms with E-state index in [-0.39, 0.29) is 18.0 Å². The molecule has 15 heavy (non-hydrogen) atoms. The van der Waals surface area contributed by atoms with Crippen molar-refractivity contribution in [2.24, 2.45) is 5.92 Å². The standard InChI is InChI=1S/C11H18O4/c1-7(6-13-2)14-11(12)8-3-4-9-10(5-8)15-9/h7-10H,3-6H2,1-2H3. The summed E-state index contributed by atoms with van der Waals surface area (Å²) in [6.45, 7) is 2.31. The third-order valence-electron chi connectivity index (χ3n) is 3.06. The summed E-state index contributed by atoms with van der Waals surface area (Å²) < 4.78 is 15.6. The molecule has 0 aromatic heterocycles. The van der Waals surface area contributed by atoms with Crippen molar-refractivity contribution in [2.75, 3.05) is 13.7 Å². The van der Waals surface area contributed by atoms with Crippen molar-refractivity contribution in [3.05, 3.63) is 0 Å². The van der Waals surface area contributed by atoms with E-state index in [1.807, 2.05) is 6.92 Å². The molecule has 0 N–H and O–H groups in total. The van der Waals surface area contributed by atoms with Gasteiger partial charge in [-0.1, -0.05) is 0 Å². The Balaban J connectivity index is 1.74. The molecule has 1 aliphatic carbocycles.